The van der Waals surface area contributed by atoms with Gasteiger partial charge in [-0.05, 0) is 41.8 Å². The quantitative estimate of drug-likeness (QED) is 0.224. The van der Waals surface area contributed by atoms with Gasteiger partial charge in [0.25, 0.3) is 21.6 Å². The summed E-state index contributed by atoms with van der Waals surface area (Å²) in [6.45, 7) is 5.79. The molecular weight excluding hydrogens is 534 g/mol. The van der Waals surface area contributed by atoms with Gasteiger partial charge < -0.3 is 9.64 Å². The van der Waals surface area contributed by atoms with Gasteiger partial charge in [-0.1, -0.05) is 44.2 Å². The maximum absolute atomic E-state index is 13.5. The van der Waals surface area contributed by atoms with E-state index in [1.807, 2.05) is 30.9 Å². The van der Waals surface area contributed by atoms with Gasteiger partial charge in [0.05, 0.1) is 34.9 Å². The van der Waals surface area contributed by atoms with Crippen LogP contribution in [0.4, 0.5) is 17.1 Å². The van der Waals surface area contributed by atoms with Crippen molar-refractivity contribution in [2.75, 3.05) is 42.1 Å². The molecule has 12 heteroatoms. The topological polar surface area (TPSA) is 134 Å². The number of morpholine rings is 1. The number of nitro benzene ring substituents is 1. The maximum Gasteiger partial charge on any atom is 0.270 e. The summed E-state index contributed by atoms with van der Waals surface area (Å²) in [4.78, 5) is 25.9. The fraction of sp³-hybridized carbons (Fsp3) is 0.286. The number of sulfonamides is 1. The van der Waals surface area contributed by atoms with Crippen LogP contribution in [0, 0.1) is 10.1 Å². The zero-order chi connectivity index (χ0) is 28.7. The number of nitrogens with zero attached hydrogens (tertiary/aromatic N) is 4. The van der Waals surface area contributed by atoms with Crippen LogP contribution < -0.4 is 14.6 Å². The predicted octanol–water partition coefficient (Wildman–Crippen LogP) is 3.90. The van der Waals surface area contributed by atoms with Gasteiger partial charge in [0.1, 0.15) is 6.54 Å². The van der Waals surface area contributed by atoms with Crippen LogP contribution in [0.15, 0.2) is 82.8 Å². The number of hydrogen-bond donors (Lipinski definition) is 1. The summed E-state index contributed by atoms with van der Waals surface area (Å²) in [7, 11) is -4.07. The molecule has 0 unspecified atom stereocenters. The summed E-state index contributed by atoms with van der Waals surface area (Å²) >= 11 is 0. The van der Waals surface area contributed by atoms with Gasteiger partial charge in [-0.15, -0.1) is 0 Å². The Morgan fingerprint density at radius 2 is 1.77 bits per heavy atom. The lowest BCUT2D eigenvalue weighted by Crippen LogP contribution is -2.39. The predicted molar refractivity (Wildman–Crippen MR) is 153 cm³/mol. The largest absolute Gasteiger partial charge is 0.378 e. The molecule has 0 aliphatic carbocycles. The average Bonchev–Trinajstić information content (AvgIpc) is 2.96. The number of nitro groups is 1. The Kier molecular flexibility index (Phi) is 9.12. The summed E-state index contributed by atoms with van der Waals surface area (Å²) < 4.78 is 33.5. The van der Waals surface area contributed by atoms with Gasteiger partial charge >= 0.3 is 0 Å². The van der Waals surface area contributed by atoms with E-state index in [-0.39, 0.29) is 16.5 Å². The molecule has 1 saturated heterocycles. The molecule has 40 heavy (non-hydrogen) atoms. The van der Waals surface area contributed by atoms with Crippen molar-refractivity contribution in [3.8, 4) is 0 Å². The van der Waals surface area contributed by atoms with Gasteiger partial charge in [0.2, 0.25) is 0 Å². The third kappa shape index (κ3) is 6.82. The maximum atomic E-state index is 13.5. The molecule has 0 radical (unpaired) electrons. The Hall–Kier alpha value is -4.29. The summed E-state index contributed by atoms with van der Waals surface area (Å²) in [6.07, 6.45) is 1.32. The summed E-state index contributed by atoms with van der Waals surface area (Å²) in [5.41, 5.74) is 4.78. The van der Waals surface area contributed by atoms with Crippen molar-refractivity contribution in [3.05, 3.63) is 94.0 Å². The highest BCUT2D eigenvalue weighted by Gasteiger charge is 2.27. The number of benzene rings is 3. The van der Waals surface area contributed by atoms with Crippen molar-refractivity contribution in [1.82, 2.24) is 5.43 Å². The van der Waals surface area contributed by atoms with Crippen molar-refractivity contribution in [3.63, 3.8) is 0 Å². The number of anilines is 2. The fourth-order valence-electron chi connectivity index (χ4n) is 4.25. The normalized spacial score (nSPS) is 13.9. The average molecular weight is 566 g/mol. The number of ether oxygens (including phenoxy) is 1. The van der Waals surface area contributed by atoms with Crippen LogP contribution in [0.1, 0.15) is 30.9 Å². The first-order chi connectivity index (χ1) is 19.2. The Morgan fingerprint density at radius 3 is 2.40 bits per heavy atom. The molecule has 1 aliphatic heterocycles. The number of hydrogen-bond acceptors (Lipinski definition) is 8. The molecular formula is C28H31N5O6S. The lowest BCUT2D eigenvalue weighted by atomic mass is 10.0. The molecule has 3 aromatic carbocycles. The van der Waals surface area contributed by atoms with E-state index in [1.165, 1.54) is 30.5 Å². The third-order valence-corrected chi connectivity index (χ3v) is 8.22. The Morgan fingerprint density at radius 1 is 1.10 bits per heavy atom. The van der Waals surface area contributed by atoms with E-state index in [2.05, 4.69) is 10.5 Å². The van der Waals surface area contributed by atoms with E-state index in [1.54, 1.807) is 36.4 Å². The second-order valence-electron chi connectivity index (χ2n) is 9.46. The number of amides is 1. The van der Waals surface area contributed by atoms with Gasteiger partial charge in [0, 0.05) is 36.5 Å². The van der Waals surface area contributed by atoms with E-state index in [0.717, 1.165) is 9.87 Å². The lowest BCUT2D eigenvalue weighted by Gasteiger charge is -2.29. The van der Waals surface area contributed by atoms with Gasteiger partial charge in [0.15, 0.2) is 0 Å². The smallest absolute Gasteiger partial charge is 0.270 e. The van der Waals surface area contributed by atoms with Crippen LogP contribution in [0.2, 0.25) is 0 Å². The second-order valence-corrected chi connectivity index (χ2v) is 11.3. The number of nitrogens with one attached hydrogen (secondary N) is 1. The van der Waals surface area contributed by atoms with Crippen LogP contribution >= 0.6 is 0 Å². The molecule has 0 bridgehead atoms. The standard InChI is InChI=1S/C28H31N5O6S/c1-21(2)22-8-10-24(11-9-22)32(40(37,38)26-6-4-3-5-7-26)20-28(34)30-29-19-23-18-25(33(35)36)12-13-27(23)31-14-16-39-17-15-31/h3-13,18-19,21H,14-17,20H2,1-2H3,(H,30,34)/b29-19-. The zero-order valence-electron chi connectivity index (χ0n) is 22.3. The van der Waals surface area contributed by atoms with Crippen molar-refractivity contribution >= 4 is 39.2 Å². The highest BCUT2D eigenvalue weighted by molar-refractivity contribution is 7.92. The van der Waals surface area contributed by atoms with E-state index in [9.17, 15) is 23.3 Å². The SMILES string of the molecule is CC(C)c1ccc(N(CC(=O)N/N=C\c2cc([N+](=O)[O-])ccc2N2CCOCC2)S(=O)(=O)c2ccccc2)cc1. The molecule has 11 nitrogen and oxygen atoms in total. The van der Waals surface area contributed by atoms with E-state index < -0.39 is 27.4 Å². The van der Waals surface area contributed by atoms with E-state index >= 15 is 0 Å². The number of non-ortho nitro benzene ring substituents is 1. The number of carbonyl (C=O) groups is 1. The highest BCUT2D eigenvalue weighted by atomic mass is 32.2. The van der Waals surface area contributed by atoms with Gasteiger partial charge in [-0.25, -0.2) is 13.8 Å². The summed E-state index contributed by atoms with van der Waals surface area (Å²) in [5, 5.41) is 15.4. The van der Waals surface area contributed by atoms with Crippen LogP contribution in [0.25, 0.3) is 0 Å². The molecule has 210 valence electrons. The molecule has 0 spiro atoms. The molecule has 4 rings (SSSR count). The Bertz CT molecular complexity index is 1470. The van der Waals surface area contributed by atoms with Crippen molar-refractivity contribution in [2.45, 2.75) is 24.7 Å². The number of rotatable bonds is 10. The zero-order valence-corrected chi connectivity index (χ0v) is 23.1. The summed E-state index contributed by atoms with van der Waals surface area (Å²) in [6, 6.07) is 19.3. The first-order valence-electron chi connectivity index (χ1n) is 12.8. The molecule has 1 heterocycles. The minimum Gasteiger partial charge on any atom is -0.378 e. The summed E-state index contributed by atoms with van der Waals surface area (Å²) in [5.74, 6) is -0.427. The van der Waals surface area contributed by atoms with Crippen LogP contribution in [0.3, 0.4) is 0 Å². The first kappa shape index (κ1) is 28.7. The number of hydrazone groups is 1. The molecule has 3 aromatic rings. The van der Waals surface area contributed by atoms with Crippen molar-refractivity contribution in [2.24, 2.45) is 5.10 Å². The lowest BCUT2D eigenvalue weighted by molar-refractivity contribution is -0.384. The van der Waals surface area contributed by atoms with Crippen molar-refractivity contribution < 1.29 is 22.9 Å². The molecule has 1 N–H and O–H groups in total. The first-order valence-corrected chi connectivity index (χ1v) is 14.2. The molecule has 1 amide bonds. The fourth-order valence-corrected chi connectivity index (χ4v) is 5.69. The van der Waals surface area contributed by atoms with E-state index in [4.69, 9.17) is 4.74 Å². The third-order valence-electron chi connectivity index (χ3n) is 6.43. The molecule has 0 aromatic heterocycles. The van der Waals surface area contributed by atoms with E-state index in [0.29, 0.717) is 43.2 Å². The van der Waals surface area contributed by atoms with Crippen LogP contribution in [0.5, 0.6) is 0 Å². The Labute approximate surface area is 233 Å². The molecule has 1 fully saturated rings. The monoisotopic (exact) mass is 565 g/mol. The van der Waals surface area contributed by atoms with Crippen LogP contribution in [-0.2, 0) is 19.6 Å². The second kappa shape index (κ2) is 12.7. The van der Waals surface area contributed by atoms with Gasteiger partial charge in [-0.2, -0.15) is 5.10 Å². The molecule has 1 aliphatic rings. The molecule has 0 saturated carbocycles. The van der Waals surface area contributed by atoms with Crippen LogP contribution in [-0.4, -0.2) is 58.3 Å². The number of carbonyl (C=O) groups excluding carboxylic acids is 1. The Balaban J connectivity index is 1.57. The van der Waals surface area contributed by atoms with Gasteiger partial charge in [-0.3, -0.25) is 19.2 Å². The highest BCUT2D eigenvalue weighted by Crippen LogP contribution is 2.27. The minimum absolute atomic E-state index is 0.0472. The van der Waals surface area contributed by atoms with Crippen molar-refractivity contribution in [1.29, 1.82) is 0 Å². The molecule has 0 atom stereocenters. The minimum atomic E-state index is -4.07.